The minimum atomic E-state index is 0. The molecule has 0 nitrogen and oxygen atoms in total. The van der Waals surface area contributed by atoms with Gasteiger partial charge in [0.1, 0.15) is 0 Å². The van der Waals surface area contributed by atoms with Gasteiger partial charge < -0.3 is 7.43 Å². The first-order valence-corrected chi connectivity index (χ1v) is 0. The molecule has 4 heavy (non-hydrogen) atoms. The number of rotatable bonds is 0. The van der Waals surface area contributed by atoms with Crippen molar-refractivity contribution in [1.29, 1.82) is 0 Å². The Morgan fingerprint density at radius 1 is 1.00 bits per heavy atom. The molecule has 0 saturated carbocycles. The molecule has 0 atom stereocenters. The molecule has 0 aromatic carbocycles. The fraction of sp³-hybridized carbons (Fsp3) is 0. The molecule has 0 heterocycles. The van der Waals surface area contributed by atoms with Crippen LogP contribution < -0.4 is 0 Å². The molecule has 0 N–H and O–H groups in total. The molecule has 0 aliphatic heterocycles. The topological polar surface area (TPSA) is 0 Å². The molecule has 0 aromatic rings. The molecule has 0 saturated heterocycles. The van der Waals surface area contributed by atoms with Gasteiger partial charge in [-0.25, -0.2) is 0 Å². The summed E-state index contributed by atoms with van der Waals surface area (Å²) in [7, 11) is 0. The Morgan fingerprint density at radius 3 is 1.00 bits per heavy atom. The summed E-state index contributed by atoms with van der Waals surface area (Å²) < 4.78 is 0. The van der Waals surface area contributed by atoms with E-state index in [-0.39, 0.29) is 68.8 Å². The van der Waals surface area contributed by atoms with Gasteiger partial charge in [-0.2, -0.15) is 0 Å². The van der Waals surface area contributed by atoms with Gasteiger partial charge in [-0.3, -0.25) is 0 Å². The van der Waals surface area contributed by atoms with Gasteiger partial charge in [0.25, 0.3) is 0 Å². The van der Waals surface area contributed by atoms with Crippen LogP contribution in [0.15, 0.2) is 0 Å². The van der Waals surface area contributed by atoms with Crippen LogP contribution >= 0.6 is 0 Å². The Bertz CT molecular complexity index is 8.00. The van der Waals surface area contributed by atoms with Crippen LogP contribution in [0.25, 0.3) is 0 Å². The first kappa shape index (κ1) is 37.7. The average molecular weight is 298 g/mol. The van der Waals surface area contributed by atoms with E-state index < -0.39 is 0 Å². The fourth-order valence-electron chi connectivity index (χ4n) is 0. The predicted molar refractivity (Wildman–Crippen MR) is 6.41 cm³/mol. The van der Waals surface area contributed by atoms with Crippen LogP contribution in [0.1, 0.15) is 0 Å². The van der Waals surface area contributed by atoms with E-state index in [9.17, 15) is 0 Å². The third kappa shape index (κ3) is 9.01. The fourth-order valence-corrected chi connectivity index (χ4v) is 0. The van der Waals surface area contributed by atoms with Crippen molar-refractivity contribution in [2.24, 2.45) is 0 Å². The zero-order valence-corrected chi connectivity index (χ0v) is 8.25. The van der Waals surface area contributed by atoms with Crippen molar-refractivity contribution in [3.05, 3.63) is 7.43 Å². The molecule has 0 fully saturated rings. The van der Waals surface area contributed by atoms with Gasteiger partial charge in [-0.15, -0.1) is 0 Å². The van der Waals surface area contributed by atoms with Crippen LogP contribution in [0, 0.1) is 7.43 Å². The second-order valence-corrected chi connectivity index (χ2v) is 0. The van der Waals surface area contributed by atoms with Gasteiger partial charge in [0.15, 0.2) is 0 Å². The third-order valence-electron chi connectivity index (χ3n) is 0. The quantitative estimate of drug-likeness (QED) is 0.450. The SMILES string of the molecule is [CH3-].[Ti].[V].[W]. The summed E-state index contributed by atoms with van der Waals surface area (Å²) in [6.07, 6.45) is 0. The van der Waals surface area contributed by atoms with Crippen molar-refractivity contribution in [2.45, 2.75) is 0 Å². The zero-order chi connectivity index (χ0) is 0. The smallest absolute Gasteiger partial charge is 0 e. The van der Waals surface area contributed by atoms with Crippen molar-refractivity contribution in [3.63, 3.8) is 0 Å². The van der Waals surface area contributed by atoms with Crippen LogP contribution in [-0.2, 0) is 61.3 Å². The van der Waals surface area contributed by atoms with Gasteiger partial charge in [0.05, 0.1) is 0 Å². The van der Waals surface area contributed by atoms with E-state index in [0.29, 0.717) is 0 Å². The van der Waals surface area contributed by atoms with E-state index in [2.05, 4.69) is 0 Å². The molecular formula is CH3TiVW-. The molecule has 0 rings (SSSR count). The Labute approximate surface area is 68.1 Å². The standard InChI is InChI=1S/CH3.Ti.V.W/h1H3;;;/q-1;;;. The average Bonchev–Trinajstić information content (AvgIpc) is 0. The second kappa shape index (κ2) is 20.1. The molecule has 1 radical (unpaired) electrons. The maximum atomic E-state index is 0. The summed E-state index contributed by atoms with van der Waals surface area (Å²) >= 11 is 0. The van der Waals surface area contributed by atoms with Crippen molar-refractivity contribution >= 4 is 0 Å². The van der Waals surface area contributed by atoms with E-state index in [1.807, 2.05) is 0 Å². The zero-order valence-electron chi connectivity index (χ0n) is 2.36. The summed E-state index contributed by atoms with van der Waals surface area (Å²) in [6.45, 7) is 0. The van der Waals surface area contributed by atoms with Crippen molar-refractivity contribution < 1.29 is 61.3 Å². The normalized spacial score (nSPS) is 0. The Kier molecular flexibility index (Phi) is 189. The van der Waals surface area contributed by atoms with Crippen LogP contribution in [0.4, 0.5) is 0 Å². The minimum absolute atomic E-state index is 0. The van der Waals surface area contributed by atoms with Crippen LogP contribution in [-0.4, -0.2) is 0 Å². The van der Waals surface area contributed by atoms with Crippen LogP contribution in [0.2, 0.25) is 0 Å². The van der Waals surface area contributed by atoms with E-state index >= 15 is 0 Å². The van der Waals surface area contributed by atoms with Crippen LogP contribution in [0.3, 0.4) is 0 Å². The molecule has 0 aromatic heterocycles. The van der Waals surface area contributed by atoms with Gasteiger partial charge in [-0.05, 0) is 0 Å². The molecule has 0 aliphatic rings. The van der Waals surface area contributed by atoms with Crippen molar-refractivity contribution in [3.8, 4) is 0 Å². The summed E-state index contributed by atoms with van der Waals surface area (Å²) in [5.41, 5.74) is 0. The second-order valence-electron chi connectivity index (χ2n) is 0. The predicted octanol–water partition coefficient (Wildman–Crippen LogP) is 0.443. The summed E-state index contributed by atoms with van der Waals surface area (Å²) in [4.78, 5) is 0. The van der Waals surface area contributed by atoms with Crippen molar-refractivity contribution in [2.75, 3.05) is 0 Å². The maximum Gasteiger partial charge on any atom is 0 e. The van der Waals surface area contributed by atoms with E-state index in [1.165, 1.54) is 0 Å². The Morgan fingerprint density at radius 2 is 1.00 bits per heavy atom. The number of hydrogen-bond acceptors (Lipinski definition) is 0. The molecular weight excluding hydrogens is 295 g/mol. The molecule has 0 spiro atoms. The summed E-state index contributed by atoms with van der Waals surface area (Å²) in [6, 6.07) is 0. The third-order valence-corrected chi connectivity index (χ3v) is 0. The number of hydrogen-bond donors (Lipinski definition) is 0. The summed E-state index contributed by atoms with van der Waals surface area (Å²) in [5.74, 6) is 0. The van der Waals surface area contributed by atoms with E-state index in [1.54, 1.807) is 0 Å². The van der Waals surface area contributed by atoms with Gasteiger partial charge in [-0.1, -0.05) is 0 Å². The van der Waals surface area contributed by atoms with Crippen LogP contribution in [0.5, 0.6) is 0 Å². The maximum absolute atomic E-state index is 0. The Hall–Kier alpha value is 1.99. The van der Waals surface area contributed by atoms with Crippen molar-refractivity contribution in [1.82, 2.24) is 0 Å². The minimum Gasteiger partial charge on any atom is -0.358 e. The Balaban J connectivity index is 0. The van der Waals surface area contributed by atoms with E-state index in [4.69, 9.17) is 0 Å². The molecule has 0 unspecified atom stereocenters. The van der Waals surface area contributed by atoms with Gasteiger partial charge >= 0.3 is 0 Å². The van der Waals surface area contributed by atoms with Gasteiger partial charge in [0, 0.05) is 61.3 Å². The first-order chi connectivity index (χ1) is 0. The first-order valence-electron chi connectivity index (χ1n) is 0. The molecule has 0 bridgehead atoms. The molecule has 0 amide bonds. The molecule has 3 heteroatoms. The summed E-state index contributed by atoms with van der Waals surface area (Å²) in [5, 5.41) is 0. The van der Waals surface area contributed by atoms with Gasteiger partial charge in [0.2, 0.25) is 0 Å². The largest absolute Gasteiger partial charge is 0.358 e. The molecule has 0 aliphatic carbocycles. The molecule has 23 valence electrons. The van der Waals surface area contributed by atoms with E-state index in [0.717, 1.165) is 0 Å². The monoisotopic (exact) mass is 298 g/mol.